The van der Waals surface area contributed by atoms with Crippen LogP contribution in [0.25, 0.3) is 0 Å². The zero-order valence-electron chi connectivity index (χ0n) is 6.13. The van der Waals surface area contributed by atoms with E-state index < -0.39 is 0 Å². The lowest BCUT2D eigenvalue weighted by Gasteiger charge is -2.29. The molecule has 0 aromatic heterocycles. The molecular weight excluding hydrogens is 130 g/mol. The quantitative estimate of drug-likeness (QED) is 0.496. The third-order valence-electron chi connectivity index (χ3n) is 1.56. The summed E-state index contributed by atoms with van der Waals surface area (Å²) >= 11 is 0. The molecule has 0 amide bonds. The van der Waals surface area contributed by atoms with Gasteiger partial charge in [0, 0.05) is 20.2 Å². The molecule has 1 heterocycles. The van der Waals surface area contributed by atoms with Gasteiger partial charge < -0.3 is 4.74 Å². The second-order valence-electron chi connectivity index (χ2n) is 2.19. The lowest BCUT2D eigenvalue weighted by Crippen LogP contribution is -2.55. The normalized spacial score (nSPS) is 33.7. The molecule has 10 heavy (non-hydrogen) atoms. The molecule has 2 N–H and O–H groups in total. The minimum absolute atomic E-state index is 0.00116. The Bertz CT molecular complexity index is 118. The maximum absolute atomic E-state index is 5.09. The molecule has 2 unspecified atom stereocenters. The van der Waals surface area contributed by atoms with Crippen LogP contribution in [0, 0.1) is 0 Å². The van der Waals surface area contributed by atoms with Gasteiger partial charge in [-0.2, -0.15) is 0 Å². The van der Waals surface area contributed by atoms with E-state index in [2.05, 4.69) is 22.3 Å². The van der Waals surface area contributed by atoms with E-state index >= 15 is 0 Å². The Hall–Kier alpha value is -0.450. The summed E-state index contributed by atoms with van der Waals surface area (Å²) in [7, 11) is 1.66. The highest BCUT2D eigenvalue weighted by atomic mass is 16.5. The second-order valence-corrected chi connectivity index (χ2v) is 2.19. The van der Waals surface area contributed by atoms with Crippen LogP contribution in [0.2, 0.25) is 0 Å². The average molecular weight is 143 g/mol. The molecule has 1 fully saturated rings. The van der Waals surface area contributed by atoms with Gasteiger partial charge in [0.2, 0.25) is 0 Å². The number of hydrogen-bond acceptors (Lipinski definition) is 4. The summed E-state index contributed by atoms with van der Waals surface area (Å²) in [5.41, 5.74) is 0. The zero-order valence-corrected chi connectivity index (χ0v) is 6.13. The topological polar surface area (TPSA) is 45.7 Å². The second kappa shape index (κ2) is 3.65. The molecule has 0 aromatic carbocycles. The van der Waals surface area contributed by atoms with Crippen LogP contribution in [-0.4, -0.2) is 39.3 Å². The van der Waals surface area contributed by atoms with Gasteiger partial charge in [-0.3, -0.25) is 15.6 Å². The smallest absolute Gasteiger partial charge is 0.143 e. The van der Waals surface area contributed by atoms with E-state index in [-0.39, 0.29) is 12.4 Å². The number of methoxy groups -OCH3 is 1. The van der Waals surface area contributed by atoms with Crippen LogP contribution in [0.1, 0.15) is 0 Å². The number of piperazine rings is 1. The standard InChI is InChI=1S/C6H13N3O/c1-7-5-6(10-2)9-4-3-8-5/h5-6,8-9H,1,3-4H2,2H3. The summed E-state index contributed by atoms with van der Waals surface area (Å²) in [4.78, 5) is 3.85. The molecular formula is C6H13N3O. The van der Waals surface area contributed by atoms with Crippen molar-refractivity contribution in [1.29, 1.82) is 0 Å². The van der Waals surface area contributed by atoms with E-state index in [0.29, 0.717) is 0 Å². The van der Waals surface area contributed by atoms with Crippen molar-refractivity contribution in [3.05, 3.63) is 0 Å². The summed E-state index contributed by atoms with van der Waals surface area (Å²) in [6.07, 6.45) is -0.0231. The first-order valence-corrected chi connectivity index (χ1v) is 3.34. The molecule has 58 valence electrons. The molecule has 0 aliphatic carbocycles. The molecule has 0 saturated carbocycles. The Morgan fingerprint density at radius 3 is 2.70 bits per heavy atom. The third kappa shape index (κ3) is 1.53. The van der Waals surface area contributed by atoms with Crippen molar-refractivity contribution in [2.75, 3.05) is 20.2 Å². The minimum atomic E-state index is -0.0220. The molecule has 0 aromatic rings. The van der Waals surface area contributed by atoms with Crippen molar-refractivity contribution in [3.63, 3.8) is 0 Å². The molecule has 4 nitrogen and oxygen atoms in total. The van der Waals surface area contributed by atoms with Crippen LogP contribution in [-0.2, 0) is 4.74 Å². The number of rotatable bonds is 2. The Kier molecular flexibility index (Phi) is 2.80. The number of aliphatic imine (C=N–C) groups is 1. The fourth-order valence-electron chi connectivity index (χ4n) is 1.03. The molecule has 2 atom stereocenters. The molecule has 4 heteroatoms. The predicted octanol–water partition coefficient (Wildman–Crippen LogP) is -0.822. The van der Waals surface area contributed by atoms with Crippen LogP contribution in [0.15, 0.2) is 4.99 Å². The molecule has 0 bridgehead atoms. The summed E-state index contributed by atoms with van der Waals surface area (Å²) in [5, 5.41) is 6.30. The number of ether oxygens (including phenoxy) is 1. The van der Waals surface area contributed by atoms with E-state index in [1.54, 1.807) is 7.11 Å². The summed E-state index contributed by atoms with van der Waals surface area (Å²) in [6, 6.07) is 0. The Labute approximate surface area is 60.7 Å². The third-order valence-corrected chi connectivity index (χ3v) is 1.56. The average Bonchev–Trinajstić information content (AvgIpc) is 2.04. The first-order valence-electron chi connectivity index (χ1n) is 3.34. The van der Waals surface area contributed by atoms with Crippen molar-refractivity contribution in [2.24, 2.45) is 4.99 Å². The molecule has 1 rings (SSSR count). The van der Waals surface area contributed by atoms with Crippen LogP contribution in [0.4, 0.5) is 0 Å². The molecule has 1 aliphatic rings. The van der Waals surface area contributed by atoms with Crippen LogP contribution >= 0.6 is 0 Å². The monoisotopic (exact) mass is 143 g/mol. The Morgan fingerprint density at radius 2 is 2.20 bits per heavy atom. The van der Waals surface area contributed by atoms with Gasteiger partial charge in [-0.05, 0) is 6.72 Å². The van der Waals surface area contributed by atoms with Gasteiger partial charge in [0.1, 0.15) is 12.4 Å². The van der Waals surface area contributed by atoms with Gasteiger partial charge in [-0.1, -0.05) is 0 Å². The van der Waals surface area contributed by atoms with Crippen LogP contribution in [0.5, 0.6) is 0 Å². The zero-order chi connectivity index (χ0) is 7.40. The van der Waals surface area contributed by atoms with Gasteiger partial charge in [-0.25, -0.2) is 0 Å². The van der Waals surface area contributed by atoms with Gasteiger partial charge >= 0.3 is 0 Å². The highest BCUT2D eigenvalue weighted by Crippen LogP contribution is 1.98. The first-order chi connectivity index (χ1) is 4.88. The van der Waals surface area contributed by atoms with E-state index in [9.17, 15) is 0 Å². The lowest BCUT2D eigenvalue weighted by atomic mass is 10.3. The molecule has 1 saturated heterocycles. The van der Waals surface area contributed by atoms with Gasteiger partial charge in [0.15, 0.2) is 0 Å². The van der Waals surface area contributed by atoms with Gasteiger partial charge in [-0.15, -0.1) is 0 Å². The van der Waals surface area contributed by atoms with Crippen LogP contribution < -0.4 is 10.6 Å². The fourth-order valence-corrected chi connectivity index (χ4v) is 1.03. The van der Waals surface area contributed by atoms with E-state index in [0.717, 1.165) is 13.1 Å². The van der Waals surface area contributed by atoms with Crippen molar-refractivity contribution in [3.8, 4) is 0 Å². The number of nitrogens with one attached hydrogen (secondary N) is 2. The molecule has 0 radical (unpaired) electrons. The van der Waals surface area contributed by atoms with Gasteiger partial charge in [0.05, 0.1) is 0 Å². The number of hydrogen-bond donors (Lipinski definition) is 2. The minimum Gasteiger partial charge on any atom is -0.363 e. The van der Waals surface area contributed by atoms with Crippen molar-refractivity contribution < 1.29 is 4.74 Å². The highest BCUT2D eigenvalue weighted by molar-refractivity contribution is 5.24. The molecule has 1 aliphatic heterocycles. The maximum atomic E-state index is 5.09. The predicted molar refractivity (Wildman–Crippen MR) is 40.1 cm³/mol. The first kappa shape index (κ1) is 7.65. The Morgan fingerprint density at radius 1 is 1.50 bits per heavy atom. The molecule has 0 spiro atoms. The maximum Gasteiger partial charge on any atom is 0.143 e. The fraction of sp³-hybridized carbons (Fsp3) is 0.833. The Balaban J connectivity index is 2.41. The summed E-state index contributed by atoms with van der Waals surface area (Å²) in [6.45, 7) is 5.29. The number of nitrogens with zero attached hydrogens (tertiary/aromatic N) is 1. The van der Waals surface area contributed by atoms with E-state index in [4.69, 9.17) is 4.74 Å². The lowest BCUT2D eigenvalue weighted by molar-refractivity contribution is 0.0308. The SMILES string of the molecule is C=NC1NCCNC1OC. The van der Waals surface area contributed by atoms with Crippen molar-refractivity contribution in [1.82, 2.24) is 10.6 Å². The van der Waals surface area contributed by atoms with Gasteiger partial charge in [0.25, 0.3) is 0 Å². The highest BCUT2D eigenvalue weighted by Gasteiger charge is 2.21. The summed E-state index contributed by atoms with van der Waals surface area (Å²) in [5.74, 6) is 0. The van der Waals surface area contributed by atoms with Crippen molar-refractivity contribution in [2.45, 2.75) is 12.4 Å². The van der Waals surface area contributed by atoms with Crippen LogP contribution in [0.3, 0.4) is 0 Å². The summed E-state index contributed by atoms with van der Waals surface area (Å²) < 4.78 is 5.09. The van der Waals surface area contributed by atoms with E-state index in [1.807, 2.05) is 0 Å². The van der Waals surface area contributed by atoms with E-state index in [1.165, 1.54) is 0 Å². The van der Waals surface area contributed by atoms with Crippen molar-refractivity contribution >= 4 is 6.72 Å². The largest absolute Gasteiger partial charge is 0.363 e.